The fourth-order valence-electron chi connectivity index (χ4n) is 3.35. The molecule has 0 amide bonds. The van der Waals surface area contributed by atoms with E-state index in [2.05, 4.69) is 19.1 Å². The summed E-state index contributed by atoms with van der Waals surface area (Å²) in [6, 6.07) is 2.20. The minimum Gasteiger partial charge on any atom is -0.204 e. The van der Waals surface area contributed by atoms with Crippen molar-refractivity contribution in [3.63, 3.8) is 0 Å². The topological polar surface area (TPSA) is 0 Å². The highest BCUT2D eigenvalue weighted by Gasteiger charge is 2.17. The highest BCUT2D eigenvalue weighted by atomic mass is 19.2. The van der Waals surface area contributed by atoms with Crippen LogP contribution in [0.3, 0.4) is 0 Å². The standard InChI is InChI=1S/C22H29F3/c1-2-3-4-5-6-7-8-9-10-17-11-13-18(14-12-17)19-15-20(23)22(25)21(24)16-19/h11-13,15-16,18H,2-10,14H2,1H3. The quantitative estimate of drug-likeness (QED) is 0.301. The molecule has 1 aromatic carbocycles. The number of unbranched alkanes of at least 4 members (excludes halogenated alkanes) is 7. The minimum atomic E-state index is -1.39. The second-order valence-corrected chi connectivity index (χ2v) is 7.00. The number of hydrogen-bond donors (Lipinski definition) is 0. The fourth-order valence-corrected chi connectivity index (χ4v) is 3.35. The average Bonchev–Trinajstić information content (AvgIpc) is 2.62. The van der Waals surface area contributed by atoms with Gasteiger partial charge in [0.2, 0.25) is 0 Å². The lowest BCUT2D eigenvalue weighted by Gasteiger charge is -2.17. The summed E-state index contributed by atoms with van der Waals surface area (Å²) in [5.74, 6) is -3.70. The van der Waals surface area contributed by atoms with Crippen LogP contribution in [0.25, 0.3) is 0 Å². The molecule has 0 aromatic heterocycles. The molecule has 1 unspecified atom stereocenters. The molecule has 0 nitrogen and oxygen atoms in total. The fraction of sp³-hybridized carbons (Fsp3) is 0.545. The Morgan fingerprint density at radius 2 is 1.48 bits per heavy atom. The number of benzene rings is 1. The van der Waals surface area contributed by atoms with Crippen LogP contribution in [-0.4, -0.2) is 0 Å². The van der Waals surface area contributed by atoms with Gasteiger partial charge in [0.25, 0.3) is 0 Å². The van der Waals surface area contributed by atoms with Crippen molar-refractivity contribution in [3.8, 4) is 0 Å². The molecule has 1 aliphatic rings. The molecule has 25 heavy (non-hydrogen) atoms. The van der Waals surface area contributed by atoms with Gasteiger partial charge in [-0.3, -0.25) is 0 Å². The van der Waals surface area contributed by atoms with Gasteiger partial charge < -0.3 is 0 Å². The van der Waals surface area contributed by atoms with E-state index in [4.69, 9.17) is 0 Å². The Morgan fingerprint density at radius 1 is 0.880 bits per heavy atom. The molecule has 3 heteroatoms. The molecule has 0 bridgehead atoms. The van der Waals surface area contributed by atoms with Crippen LogP contribution in [0.15, 0.2) is 35.9 Å². The van der Waals surface area contributed by atoms with E-state index in [1.807, 2.05) is 6.08 Å². The van der Waals surface area contributed by atoms with Crippen molar-refractivity contribution in [1.82, 2.24) is 0 Å². The van der Waals surface area contributed by atoms with E-state index in [9.17, 15) is 13.2 Å². The monoisotopic (exact) mass is 350 g/mol. The first-order valence-electron chi connectivity index (χ1n) is 9.63. The Kier molecular flexibility index (Phi) is 8.30. The van der Waals surface area contributed by atoms with Gasteiger partial charge >= 0.3 is 0 Å². The maximum Gasteiger partial charge on any atom is 0.194 e. The van der Waals surface area contributed by atoms with Gasteiger partial charge in [0, 0.05) is 5.92 Å². The molecule has 138 valence electrons. The first kappa shape index (κ1) is 19.8. The van der Waals surface area contributed by atoms with E-state index < -0.39 is 17.5 Å². The lowest BCUT2D eigenvalue weighted by atomic mass is 9.88. The molecule has 0 saturated carbocycles. The summed E-state index contributed by atoms with van der Waals surface area (Å²) >= 11 is 0. The van der Waals surface area contributed by atoms with Crippen LogP contribution in [0.4, 0.5) is 13.2 Å². The first-order valence-corrected chi connectivity index (χ1v) is 9.63. The van der Waals surface area contributed by atoms with E-state index in [-0.39, 0.29) is 5.92 Å². The zero-order chi connectivity index (χ0) is 18.1. The predicted octanol–water partition coefficient (Wildman–Crippen LogP) is 7.60. The van der Waals surface area contributed by atoms with Gasteiger partial charge in [-0.2, -0.15) is 0 Å². The van der Waals surface area contributed by atoms with E-state index in [0.717, 1.165) is 18.6 Å². The van der Waals surface area contributed by atoms with Crippen molar-refractivity contribution in [1.29, 1.82) is 0 Å². The summed E-state index contributed by atoms with van der Waals surface area (Å²) < 4.78 is 39.8. The van der Waals surface area contributed by atoms with Gasteiger partial charge in [-0.05, 0) is 37.0 Å². The van der Waals surface area contributed by atoms with E-state index in [1.54, 1.807) is 0 Å². The van der Waals surface area contributed by atoms with E-state index >= 15 is 0 Å². The molecule has 2 rings (SSSR count). The molecule has 0 radical (unpaired) electrons. The third kappa shape index (κ3) is 6.37. The zero-order valence-corrected chi connectivity index (χ0v) is 15.2. The van der Waals surface area contributed by atoms with Crippen LogP contribution >= 0.6 is 0 Å². The molecule has 0 heterocycles. The number of allylic oxidation sites excluding steroid dienone is 4. The number of rotatable bonds is 10. The highest BCUT2D eigenvalue weighted by molar-refractivity contribution is 5.33. The third-order valence-corrected chi connectivity index (χ3v) is 4.93. The molecule has 0 aliphatic heterocycles. The summed E-state index contributed by atoms with van der Waals surface area (Å²) in [6.07, 6.45) is 18.4. The van der Waals surface area contributed by atoms with E-state index in [0.29, 0.717) is 12.0 Å². The summed E-state index contributed by atoms with van der Waals surface area (Å²) in [4.78, 5) is 0. The summed E-state index contributed by atoms with van der Waals surface area (Å²) in [5, 5.41) is 0. The van der Waals surface area contributed by atoms with Crippen LogP contribution in [0, 0.1) is 17.5 Å². The van der Waals surface area contributed by atoms with E-state index in [1.165, 1.54) is 56.9 Å². The van der Waals surface area contributed by atoms with Crippen LogP contribution in [0.5, 0.6) is 0 Å². The molecule has 0 saturated heterocycles. The minimum absolute atomic E-state index is 0.0769. The highest BCUT2D eigenvalue weighted by Crippen LogP contribution is 2.30. The van der Waals surface area contributed by atoms with Crippen LogP contribution in [0.2, 0.25) is 0 Å². The number of halogens is 3. The normalized spacial score (nSPS) is 17.0. The van der Waals surface area contributed by atoms with Crippen molar-refractivity contribution in [2.45, 2.75) is 77.0 Å². The SMILES string of the molecule is CCCCCCCCCCC1=CCC(c2cc(F)c(F)c(F)c2)C=C1. The lowest BCUT2D eigenvalue weighted by molar-refractivity contribution is 0.444. The Hall–Kier alpha value is -1.51. The zero-order valence-electron chi connectivity index (χ0n) is 15.2. The molecule has 0 spiro atoms. The smallest absolute Gasteiger partial charge is 0.194 e. The van der Waals surface area contributed by atoms with Crippen LogP contribution in [0.1, 0.15) is 82.6 Å². The molecular weight excluding hydrogens is 321 g/mol. The Morgan fingerprint density at radius 3 is 2.04 bits per heavy atom. The van der Waals surface area contributed by atoms with Crippen molar-refractivity contribution in [2.75, 3.05) is 0 Å². The lowest BCUT2D eigenvalue weighted by Crippen LogP contribution is -2.02. The Labute approximate surface area is 149 Å². The van der Waals surface area contributed by atoms with Crippen LogP contribution in [-0.2, 0) is 0 Å². The van der Waals surface area contributed by atoms with Gasteiger partial charge in [-0.25, -0.2) is 13.2 Å². The van der Waals surface area contributed by atoms with Crippen molar-refractivity contribution in [3.05, 3.63) is 58.9 Å². The van der Waals surface area contributed by atoms with Gasteiger partial charge in [0.05, 0.1) is 0 Å². The second-order valence-electron chi connectivity index (χ2n) is 7.00. The maximum absolute atomic E-state index is 13.4. The molecule has 0 N–H and O–H groups in total. The van der Waals surface area contributed by atoms with Crippen molar-refractivity contribution in [2.24, 2.45) is 0 Å². The number of hydrogen-bond acceptors (Lipinski definition) is 0. The molecule has 1 aliphatic carbocycles. The molecular formula is C22H29F3. The largest absolute Gasteiger partial charge is 0.204 e. The predicted molar refractivity (Wildman–Crippen MR) is 98.1 cm³/mol. The second kappa shape index (κ2) is 10.5. The Bertz CT molecular complexity index is 578. The maximum atomic E-state index is 13.4. The van der Waals surface area contributed by atoms with Gasteiger partial charge in [0.1, 0.15) is 0 Å². The van der Waals surface area contributed by atoms with Crippen molar-refractivity contribution < 1.29 is 13.2 Å². The molecule has 0 fully saturated rings. The summed E-state index contributed by atoms with van der Waals surface area (Å²) in [7, 11) is 0. The van der Waals surface area contributed by atoms with Gasteiger partial charge in [-0.1, -0.05) is 75.7 Å². The van der Waals surface area contributed by atoms with Gasteiger partial charge in [0.15, 0.2) is 17.5 Å². The van der Waals surface area contributed by atoms with Gasteiger partial charge in [-0.15, -0.1) is 0 Å². The summed E-state index contributed by atoms with van der Waals surface area (Å²) in [6.45, 7) is 2.24. The molecule has 1 atom stereocenters. The first-order chi connectivity index (χ1) is 12.1. The Balaban J connectivity index is 1.70. The van der Waals surface area contributed by atoms with Crippen molar-refractivity contribution >= 4 is 0 Å². The van der Waals surface area contributed by atoms with Crippen LogP contribution < -0.4 is 0 Å². The molecule has 1 aromatic rings. The average molecular weight is 350 g/mol. The third-order valence-electron chi connectivity index (χ3n) is 4.93. The summed E-state index contributed by atoms with van der Waals surface area (Å²) in [5.41, 5.74) is 1.79.